The van der Waals surface area contributed by atoms with Crippen molar-refractivity contribution >= 4 is 25.6 Å². The van der Waals surface area contributed by atoms with Gasteiger partial charge in [0.1, 0.15) is 17.2 Å². The summed E-state index contributed by atoms with van der Waals surface area (Å²) in [4.78, 5) is 13.0. The summed E-state index contributed by atoms with van der Waals surface area (Å²) in [7, 11) is -1.83. The minimum atomic E-state index is -1.83. The Morgan fingerprint density at radius 1 is 1.16 bits per heavy atom. The van der Waals surface area contributed by atoms with Crippen LogP contribution >= 0.6 is 11.6 Å². The molecule has 3 heterocycles. The Morgan fingerprint density at radius 2 is 1.92 bits per heavy atom. The van der Waals surface area contributed by atoms with Crippen LogP contribution in [0.2, 0.25) is 23.3 Å². The molecule has 0 fully saturated rings. The number of halogens is 1. The molecule has 3 rings (SSSR count). The zero-order valence-electron chi connectivity index (χ0n) is 15.1. The number of nitrogens with zero attached hydrogens (tertiary/aromatic N) is 5. The van der Waals surface area contributed by atoms with E-state index >= 15 is 0 Å². The third kappa shape index (κ3) is 3.73. The minimum Gasteiger partial charge on any atom is -0.411 e. The topological polar surface area (TPSA) is 65.2 Å². The van der Waals surface area contributed by atoms with Gasteiger partial charge >= 0.3 is 0 Å². The van der Waals surface area contributed by atoms with Gasteiger partial charge in [-0.2, -0.15) is 5.10 Å². The molecular weight excluding hydrogens is 354 g/mol. The van der Waals surface area contributed by atoms with E-state index in [1.165, 1.54) is 0 Å². The molecule has 0 saturated heterocycles. The fourth-order valence-electron chi connectivity index (χ4n) is 2.11. The molecule has 0 spiro atoms. The smallest absolute Gasteiger partial charge is 0.192 e. The van der Waals surface area contributed by atoms with Gasteiger partial charge in [0.15, 0.2) is 14.0 Å². The number of fused-ring (bicyclic) bond motifs is 1. The van der Waals surface area contributed by atoms with Gasteiger partial charge in [0.05, 0.1) is 24.2 Å². The lowest BCUT2D eigenvalue weighted by atomic mass is 10.2. The van der Waals surface area contributed by atoms with Crippen molar-refractivity contribution in [2.24, 2.45) is 0 Å². The number of rotatable bonds is 4. The van der Waals surface area contributed by atoms with Crippen molar-refractivity contribution in [2.75, 3.05) is 0 Å². The highest BCUT2D eigenvalue weighted by molar-refractivity contribution is 6.74. The summed E-state index contributed by atoms with van der Waals surface area (Å²) in [6.07, 6.45) is 3.28. The second kappa shape index (κ2) is 6.47. The lowest BCUT2D eigenvalue weighted by molar-refractivity contribution is 0.272. The second-order valence-electron chi connectivity index (χ2n) is 7.51. The zero-order valence-corrected chi connectivity index (χ0v) is 16.9. The Kier molecular flexibility index (Phi) is 4.65. The van der Waals surface area contributed by atoms with Crippen LogP contribution in [-0.2, 0) is 11.0 Å². The summed E-state index contributed by atoms with van der Waals surface area (Å²) in [5.74, 6) is 0. The fourth-order valence-corrected chi connectivity index (χ4v) is 3.19. The molecule has 25 heavy (non-hydrogen) atoms. The van der Waals surface area contributed by atoms with Crippen LogP contribution in [0.4, 0.5) is 0 Å². The molecule has 0 aliphatic rings. The van der Waals surface area contributed by atoms with Crippen molar-refractivity contribution in [2.45, 2.75) is 45.5 Å². The van der Waals surface area contributed by atoms with Crippen molar-refractivity contribution in [3.05, 3.63) is 41.6 Å². The minimum absolute atomic E-state index is 0.158. The highest BCUT2D eigenvalue weighted by Crippen LogP contribution is 2.37. The van der Waals surface area contributed by atoms with Gasteiger partial charge < -0.3 is 4.43 Å². The third-order valence-electron chi connectivity index (χ3n) is 4.70. The summed E-state index contributed by atoms with van der Waals surface area (Å²) < 4.78 is 7.93. The Bertz CT molecular complexity index is 903. The van der Waals surface area contributed by atoms with Crippen LogP contribution in [0.15, 0.2) is 30.7 Å². The van der Waals surface area contributed by atoms with Crippen LogP contribution in [0.1, 0.15) is 26.5 Å². The fraction of sp³-hybridized carbons (Fsp3) is 0.412. The maximum atomic E-state index is 6.25. The van der Waals surface area contributed by atoms with Crippen molar-refractivity contribution in [3.8, 4) is 11.4 Å². The molecule has 3 aromatic heterocycles. The maximum Gasteiger partial charge on any atom is 0.192 e. The highest BCUT2D eigenvalue weighted by Gasteiger charge is 2.37. The van der Waals surface area contributed by atoms with Gasteiger partial charge in [-0.3, -0.25) is 0 Å². The van der Waals surface area contributed by atoms with Gasteiger partial charge in [-0.15, -0.1) is 0 Å². The zero-order chi connectivity index (χ0) is 18.2. The lowest BCUT2D eigenvalue weighted by Gasteiger charge is -2.36. The van der Waals surface area contributed by atoms with Crippen molar-refractivity contribution < 1.29 is 4.43 Å². The predicted molar refractivity (Wildman–Crippen MR) is 101 cm³/mol. The summed E-state index contributed by atoms with van der Waals surface area (Å²) in [5.41, 5.74) is 3.07. The molecule has 0 aromatic carbocycles. The molecule has 132 valence electrons. The van der Waals surface area contributed by atoms with Gasteiger partial charge in [0.2, 0.25) is 0 Å². The molecule has 3 aromatic rings. The molecule has 0 bridgehead atoms. The van der Waals surface area contributed by atoms with Crippen molar-refractivity contribution in [1.29, 1.82) is 0 Å². The summed E-state index contributed by atoms with van der Waals surface area (Å²) in [5, 5.41) is 4.86. The molecule has 0 N–H and O–H groups in total. The standard InChI is InChI=1S/C17H22ClN5OSi/c1-17(2,3)25(4,5)24-10-12-8-13(21-11-20-12)14-9-19-16-7-6-15(18)22-23(14)16/h6-9,11H,10H2,1-5H3. The SMILES string of the molecule is CC(C)(C)[Si](C)(C)OCc1cc(-c2cnc3ccc(Cl)nn23)ncn1. The molecule has 8 heteroatoms. The number of aromatic nitrogens is 5. The van der Waals surface area contributed by atoms with E-state index in [9.17, 15) is 0 Å². The van der Waals surface area contributed by atoms with E-state index in [-0.39, 0.29) is 5.04 Å². The monoisotopic (exact) mass is 375 g/mol. The first-order valence-corrected chi connectivity index (χ1v) is 11.4. The first kappa shape index (κ1) is 18.0. The summed E-state index contributed by atoms with van der Waals surface area (Å²) in [6, 6.07) is 5.45. The average Bonchev–Trinajstić information content (AvgIpc) is 2.95. The Morgan fingerprint density at radius 3 is 2.64 bits per heavy atom. The van der Waals surface area contributed by atoms with E-state index in [1.54, 1.807) is 23.1 Å². The molecule has 0 aliphatic carbocycles. The van der Waals surface area contributed by atoms with Gasteiger partial charge in [0.25, 0.3) is 0 Å². The lowest BCUT2D eigenvalue weighted by Crippen LogP contribution is -2.40. The Hall–Kier alpha value is -1.83. The molecular formula is C17H22ClN5OSi. The normalized spacial score (nSPS) is 12.7. The Balaban J connectivity index is 1.88. The molecule has 0 amide bonds. The molecule has 0 aliphatic heterocycles. The number of imidazole rings is 1. The van der Waals surface area contributed by atoms with Gasteiger partial charge in [-0.1, -0.05) is 32.4 Å². The predicted octanol–water partition coefficient (Wildman–Crippen LogP) is 4.36. The van der Waals surface area contributed by atoms with Gasteiger partial charge in [-0.25, -0.2) is 19.5 Å². The maximum absolute atomic E-state index is 6.25. The molecule has 0 saturated carbocycles. The van der Waals surface area contributed by atoms with Crippen LogP contribution in [0, 0.1) is 0 Å². The van der Waals surface area contributed by atoms with Gasteiger partial charge in [0, 0.05) is 0 Å². The van der Waals surface area contributed by atoms with Gasteiger partial charge in [-0.05, 0) is 36.3 Å². The van der Waals surface area contributed by atoms with Crippen LogP contribution in [0.3, 0.4) is 0 Å². The number of hydrogen-bond acceptors (Lipinski definition) is 5. The highest BCUT2D eigenvalue weighted by atomic mass is 35.5. The number of hydrogen-bond donors (Lipinski definition) is 0. The Labute approximate surface area is 153 Å². The molecule has 0 unspecified atom stereocenters. The summed E-state index contributed by atoms with van der Waals surface area (Å²) in [6.45, 7) is 11.6. The van der Waals surface area contributed by atoms with E-state index in [1.807, 2.05) is 12.1 Å². The van der Waals surface area contributed by atoms with E-state index in [4.69, 9.17) is 16.0 Å². The van der Waals surface area contributed by atoms with Crippen molar-refractivity contribution in [3.63, 3.8) is 0 Å². The van der Waals surface area contributed by atoms with Crippen LogP contribution in [-0.4, -0.2) is 32.9 Å². The molecule has 0 atom stereocenters. The summed E-state index contributed by atoms with van der Waals surface area (Å²) >= 11 is 6.00. The van der Waals surface area contributed by atoms with Crippen LogP contribution in [0.5, 0.6) is 0 Å². The quantitative estimate of drug-likeness (QED) is 0.634. The van der Waals surface area contributed by atoms with Crippen LogP contribution in [0.25, 0.3) is 17.0 Å². The third-order valence-corrected chi connectivity index (χ3v) is 9.38. The first-order chi connectivity index (χ1) is 11.7. The van der Waals surface area contributed by atoms with E-state index in [0.717, 1.165) is 22.7 Å². The molecule has 0 radical (unpaired) electrons. The van der Waals surface area contributed by atoms with Crippen molar-refractivity contribution in [1.82, 2.24) is 24.6 Å². The van der Waals surface area contributed by atoms with E-state index < -0.39 is 8.32 Å². The first-order valence-electron chi connectivity index (χ1n) is 8.13. The van der Waals surface area contributed by atoms with Crippen LogP contribution < -0.4 is 0 Å². The molecule has 6 nitrogen and oxygen atoms in total. The average molecular weight is 376 g/mol. The second-order valence-corrected chi connectivity index (χ2v) is 12.7. The van der Waals surface area contributed by atoms with E-state index in [0.29, 0.717) is 11.8 Å². The largest absolute Gasteiger partial charge is 0.411 e. The van der Waals surface area contributed by atoms with E-state index in [2.05, 4.69) is 53.9 Å².